The number of rotatable bonds is 3. The molecule has 0 aliphatic carbocycles. The number of nitrogens with one attached hydrogen (secondary N) is 1. The zero-order chi connectivity index (χ0) is 16.9. The highest BCUT2D eigenvalue weighted by Crippen LogP contribution is 2.13. The predicted octanol–water partition coefficient (Wildman–Crippen LogP) is 1.97. The van der Waals surface area contributed by atoms with E-state index in [0.717, 1.165) is 12.8 Å². The summed E-state index contributed by atoms with van der Waals surface area (Å²) in [6.07, 6.45) is 4.85. The van der Waals surface area contributed by atoms with Crippen molar-refractivity contribution >= 4 is 27.9 Å². The maximum Gasteiger partial charge on any atom is 0.434 e. The predicted molar refractivity (Wildman–Crippen MR) is 88.0 cm³/mol. The molecule has 1 aliphatic heterocycles. The minimum Gasteiger partial charge on any atom is -0.321 e. The lowest BCUT2D eigenvalue weighted by Crippen LogP contribution is -2.35. The molecule has 9 heteroatoms. The van der Waals surface area contributed by atoms with E-state index >= 15 is 0 Å². The van der Waals surface area contributed by atoms with Gasteiger partial charge in [-0.1, -0.05) is 0 Å². The lowest BCUT2D eigenvalue weighted by Gasteiger charge is -2.14. The van der Waals surface area contributed by atoms with Gasteiger partial charge in [-0.25, -0.2) is 9.78 Å². The van der Waals surface area contributed by atoms with E-state index in [4.69, 9.17) is 4.84 Å². The standard InChI is InChI=1S/C15H16BrN5O3/c16-13-9-11(8-12(18-13)10-21-7-3-4-17-21)14(22)19-24-15(23)20-5-1-2-6-20/h3-4,7-9H,1-2,5-6,10H2,(H,19,22). The Morgan fingerprint density at radius 2 is 2.08 bits per heavy atom. The van der Waals surface area contributed by atoms with E-state index in [1.165, 1.54) is 0 Å². The summed E-state index contributed by atoms with van der Waals surface area (Å²) in [5, 5.41) is 4.11. The van der Waals surface area contributed by atoms with E-state index in [9.17, 15) is 9.59 Å². The Balaban J connectivity index is 1.63. The summed E-state index contributed by atoms with van der Waals surface area (Å²) in [6.45, 7) is 1.74. The van der Waals surface area contributed by atoms with Gasteiger partial charge in [-0.15, -0.1) is 0 Å². The second-order valence-electron chi connectivity index (χ2n) is 5.37. The zero-order valence-electron chi connectivity index (χ0n) is 12.8. The maximum atomic E-state index is 12.2. The minimum absolute atomic E-state index is 0.341. The Bertz CT molecular complexity index is 729. The highest BCUT2D eigenvalue weighted by atomic mass is 79.9. The summed E-state index contributed by atoms with van der Waals surface area (Å²) in [7, 11) is 0. The first-order valence-corrected chi connectivity index (χ1v) is 8.31. The molecule has 0 aromatic carbocycles. The fourth-order valence-corrected chi connectivity index (χ4v) is 2.91. The monoisotopic (exact) mass is 393 g/mol. The average molecular weight is 394 g/mol. The van der Waals surface area contributed by atoms with Crippen LogP contribution in [0.5, 0.6) is 0 Å². The highest BCUT2D eigenvalue weighted by molar-refractivity contribution is 9.10. The first-order valence-electron chi connectivity index (χ1n) is 7.52. The van der Waals surface area contributed by atoms with Gasteiger partial charge in [0.25, 0.3) is 5.91 Å². The van der Waals surface area contributed by atoms with Gasteiger partial charge in [0.15, 0.2) is 0 Å². The highest BCUT2D eigenvalue weighted by Gasteiger charge is 2.20. The third kappa shape index (κ3) is 4.10. The van der Waals surface area contributed by atoms with Crippen LogP contribution in [0.4, 0.5) is 4.79 Å². The summed E-state index contributed by atoms with van der Waals surface area (Å²) in [5.41, 5.74) is 3.19. The van der Waals surface area contributed by atoms with Crippen molar-refractivity contribution in [3.8, 4) is 0 Å². The molecule has 8 nitrogen and oxygen atoms in total. The number of aromatic nitrogens is 3. The number of hydrogen-bond acceptors (Lipinski definition) is 5. The van der Waals surface area contributed by atoms with Crippen LogP contribution < -0.4 is 5.48 Å². The van der Waals surface area contributed by atoms with Gasteiger partial charge in [0, 0.05) is 31.0 Å². The molecule has 126 valence electrons. The zero-order valence-corrected chi connectivity index (χ0v) is 14.4. The van der Waals surface area contributed by atoms with Crippen molar-refractivity contribution in [1.29, 1.82) is 0 Å². The van der Waals surface area contributed by atoms with Crippen molar-refractivity contribution in [1.82, 2.24) is 25.1 Å². The molecule has 0 unspecified atom stereocenters. The van der Waals surface area contributed by atoms with Crippen molar-refractivity contribution in [2.24, 2.45) is 0 Å². The van der Waals surface area contributed by atoms with Gasteiger partial charge >= 0.3 is 6.09 Å². The fourth-order valence-electron chi connectivity index (χ4n) is 2.44. The van der Waals surface area contributed by atoms with Crippen LogP contribution >= 0.6 is 15.9 Å². The molecule has 0 bridgehead atoms. The molecule has 0 saturated carbocycles. The van der Waals surface area contributed by atoms with E-state index in [1.54, 1.807) is 34.1 Å². The van der Waals surface area contributed by atoms with Crippen LogP contribution in [0.2, 0.25) is 0 Å². The van der Waals surface area contributed by atoms with Gasteiger partial charge < -0.3 is 9.74 Å². The molecule has 0 atom stereocenters. The Morgan fingerprint density at radius 3 is 2.79 bits per heavy atom. The van der Waals surface area contributed by atoms with Gasteiger partial charge in [-0.05, 0) is 47.0 Å². The molecule has 1 fully saturated rings. The molecule has 24 heavy (non-hydrogen) atoms. The van der Waals surface area contributed by atoms with E-state index in [1.807, 2.05) is 6.07 Å². The molecule has 1 aliphatic rings. The number of hydroxylamine groups is 1. The molecule has 0 radical (unpaired) electrons. The van der Waals surface area contributed by atoms with Crippen molar-refractivity contribution < 1.29 is 14.4 Å². The second kappa shape index (κ2) is 7.43. The van der Waals surface area contributed by atoms with E-state index in [0.29, 0.717) is 35.5 Å². The SMILES string of the molecule is O=C(NOC(=O)N1CCCC1)c1cc(Br)nc(Cn2cccn2)c1. The van der Waals surface area contributed by atoms with Gasteiger partial charge in [0.1, 0.15) is 4.60 Å². The summed E-state index contributed by atoms with van der Waals surface area (Å²) in [4.78, 5) is 34.7. The molecule has 1 N–H and O–H groups in total. The van der Waals surface area contributed by atoms with Crippen molar-refractivity contribution in [2.75, 3.05) is 13.1 Å². The number of hydrogen-bond donors (Lipinski definition) is 1. The number of amides is 2. The molecular formula is C15H16BrN5O3. The number of pyridine rings is 1. The number of nitrogens with zero attached hydrogens (tertiary/aromatic N) is 4. The molecule has 0 spiro atoms. The van der Waals surface area contributed by atoms with Crippen molar-refractivity contribution in [3.63, 3.8) is 0 Å². The first kappa shape index (κ1) is 16.4. The topological polar surface area (TPSA) is 89.4 Å². The van der Waals surface area contributed by atoms with E-state index in [-0.39, 0.29) is 0 Å². The van der Waals surface area contributed by atoms with Gasteiger partial charge in [0.05, 0.1) is 12.2 Å². The van der Waals surface area contributed by atoms with Crippen LogP contribution in [-0.2, 0) is 11.4 Å². The molecule has 2 aromatic heterocycles. The maximum absolute atomic E-state index is 12.2. The van der Waals surface area contributed by atoms with Crippen LogP contribution in [0, 0.1) is 0 Å². The number of halogens is 1. The first-order chi connectivity index (χ1) is 11.6. The number of carbonyl (C=O) groups is 2. The van der Waals surface area contributed by atoms with Crippen LogP contribution in [0.25, 0.3) is 0 Å². The Hall–Kier alpha value is -2.42. The van der Waals surface area contributed by atoms with Crippen molar-refractivity contribution in [3.05, 3.63) is 46.5 Å². The normalized spacial score (nSPS) is 13.8. The van der Waals surface area contributed by atoms with Crippen LogP contribution in [0.3, 0.4) is 0 Å². The molecule has 2 amide bonds. The van der Waals surface area contributed by atoms with Crippen LogP contribution in [0.15, 0.2) is 35.2 Å². The van der Waals surface area contributed by atoms with Gasteiger partial charge in [0.2, 0.25) is 0 Å². The summed E-state index contributed by atoms with van der Waals surface area (Å²) in [6, 6.07) is 5.00. The van der Waals surface area contributed by atoms with Gasteiger partial charge in [-0.2, -0.15) is 10.6 Å². The molecule has 1 saturated heterocycles. The largest absolute Gasteiger partial charge is 0.434 e. The summed E-state index contributed by atoms with van der Waals surface area (Å²) in [5.74, 6) is -0.507. The number of carbonyl (C=O) groups excluding carboxylic acids is 2. The van der Waals surface area contributed by atoms with Crippen LogP contribution in [-0.4, -0.2) is 44.8 Å². The smallest absolute Gasteiger partial charge is 0.321 e. The lowest BCUT2D eigenvalue weighted by atomic mass is 10.2. The summed E-state index contributed by atoms with van der Waals surface area (Å²) < 4.78 is 2.22. The molecule has 3 rings (SSSR count). The number of likely N-dealkylation sites (tertiary alicyclic amines) is 1. The van der Waals surface area contributed by atoms with Crippen LogP contribution in [0.1, 0.15) is 28.9 Å². The quantitative estimate of drug-likeness (QED) is 0.635. The molecular weight excluding hydrogens is 378 g/mol. The fraction of sp³-hybridized carbons (Fsp3) is 0.333. The average Bonchev–Trinajstić information content (AvgIpc) is 3.25. The van der Waals surface area contributed by atoms with Crippen molar-refractivity contribution in [2.45, 2.75) is 19.4 Å². The minimum atomic E-state index is -0.536. The second-order valence-corrected chi connectivity index (χ2v) is 6.18. The van der Waals surface area contributed by atoms with E-state index in [2.05, 4.69) is 31.5 Å². The third-order valence-corrected chi connectivity index (χ3v) is 3.99. The Morgan fingerprint density at radius 1 is 1.29 bits per heavy atom. The lowest BCUT2D eigenvalue weighted by molar-refractivity contribution is 0.0450. The third-order valence-electron chi connectivity index (χ3n) is 3.59. The molecule has 3 heterocycles. The Kier molecular flexibility index (Phi) is 5.09. The van der Waals surface area contributed by atoms with Gasteiger partial charge in [-0.3, -0.25) is 9.48 Å². The molecule has 2 aromatic rings. The Labute approximate surface area is 146 Å². The van der Waals surface area contributed by atoms with E-state index < -0.39 is 12.0 Å². The summed E-state index contributed by atoms with van der Waals surface area (Å²) >= 11 is 3.28.